The van der Waals surface area contributed by atoms with Crippen LogP contribution in [0.2, 0.25) is 0 Å². The lowest BCUT2D eigenvalue weighted by atomic mass is 9.81. The van der Waals surface area contributed by atoms with Gasteiger partial charge in [-0.15, -0.1) is 0 Å². The quantitative estimate of drug-likeness (QED) is 0.866. The molecular weight excluding hydrogens is 262 g/mol. The third kappa shape index (κ3) is 3.46. The molecule has 1 fully saturated rings. The average molecular weight is 289 g/mol. The van der Waals surface area contributed by atoms with Crippen LogP contribution in [0.25, 0.3) is 0 Å². The molecule has 21 heavy (non-hydrogen) atoms. The third-order valence-electron chi connectivity index (χ3n) is 4.22. The van der Waals surface area contributed by atoms with Gasteiger partial charge in [-0.2, -0.15) is 0 Å². The normalized spacial score (nSPS) is 16.8. The number of Topliss-reactive ketones (excluding diaryl/α,β-unsaturated/α-hetero) is 1. The Bertz CT molecular complexity index is 523. The fraction of sp³-hybridized carbons (Fsp3) is 0.611. The highest BCUT2D eigenvalue weighted by atomic mass is 16.5. The predicted molar refractivity (Wildman–Crippen MR) is 86.4 cm³/mol. The number of rotatable bonds is 3. The fourth-order valence-electron chi connectivity index (χ4n) is 3.04. The summed E-state index contributed by atoms with van der Waals surface area (Å²) in [6.45, 7) is 10.4. The molecule has 1 aliphatic rings. The highest BCUT2D eigenvalue weighted by Gasteiger charge is 2.28. The second-order valence-electron chi connectivity index (χ2n) is 7.03. The molecule has 3 nitrogen and oxygen atoms in total. The monoisotopic (exact) mass is 289 g/mol. The van der Waals surface area contributed by atoms with E-state index < -0.39 is 0 Å². The first-order chi connectivity index (χ1) is 9.84. The van der Waals surface area contributed by atoms with Crippen LogP contribution in [0.1, 0.15) is 55.1 Å². The van der Waals surface area contributed by atoms with E-state index in [1.54, 1.807) is 7.11 Å². The Morgan fingerprint density at radius 3 is 2.38 bits per heavy atom. The Hall–Kier alpha value is -1.35. The molecule has 0 spiro atoms. The Morgan fingerprint density at radius 1 is 1.24 bits per heavy atom. The van der Waals surface area contributed by atoms with Crippen molar-refractivity contribution in [3.63, 3.8) is 0 Å². The van der Waals surface area contributed by atoms with Crippen molar-refractivity contribution in [3.8, 4) is 5.75 Å². The number of carbonyl (C=O) groups is 1. The number of ketones is 1. The molecule has 1 aromatic rings. The van der Waals surface area contributed by atoms with E-state index in [4.69, 9.17) is 4.74 Å². The van der Waals surface area contributed by atoms with E-state index in [-0.39, 0.29) is 17.1 Å². The van der Waals surface area contributed by atoms with E-state index in [0.717, 1.165) is 48.4 Å². The Kier molecular flexibility index (Phi) is 4.72. The Balaban J connectivity index is 2.47. The Labute approximate surface area is 128 Å². The van der Waals surface area contributed by atoms with Crippen molar-refractivity contribution in [1.29, 1.82) is 0 Å². The molecule has 0 bridgehead atoms. The van der Waals surface area contributed by atoms with Crippen LogP contribution in [0.3, 0.4) is 0 Å². The van der Waals surface area contributed by atoms with Crippen LogP contribution in [-0.2, 0) is 5.41 Å². The van der Waals surface area contributed by atoms with Gasteiger partial charge in [-0.25, -0.2) is 0 Å². The number of aryl methyl sites for hydroxylation is 1. The van der Waals surface area contributed by atoms with Crippen molar-refractivity contribution in [1.82, 2.24) is 5.32 Å². The minimum absolute atomic E-state index is 0.0412. The predicted octanol–water partition coefficient (Wildman–Crippen LogP) is 3.48. The van der Waals surface area contributed by atoms with E-state index in [1.807, 2.05) is 13.0 Å². The van der Waals surface area contributed by atoms with Gasteiger partial charge < -0.3 is 10.1 Å². The summed E-state index contributed by atoms with van der Waals surface area (Å²) in [6.07, 6.45) is 1.83. The molecule has 0 radical (unpaired) electrons. The van der Waals surface area contributed by atoms with E-state index in [9.17, 15) is 4.79 Å². The molecular formula is C18H27NO2. The van der Waals surface area contributed by atoms with Gasteiger partial charge in [0, 0.05) is 11.5 Å². The first-order valence-electron chi connectivity index (χ1n) is 7.78. The maximum atomic E-state index is 12.9. The minimum atomic E-state index is -0.0412. The fourth-order valence-corrected chi connectivity index (χ4v) is 3.04. The number of methoxy groups -OCH3 is 1. The number of benzene rings is 1. The molecule has 0 unspecified atom stereocenters. The van der Waals surface area contributed by atoms with E-state index in [0.29, 0.717) is 0 Å². The topological polar surface area (TPSA) is 38.3 Å². The van der Waals surface area contributed by atoms with Crippen LogP contribution in [0.15, 0.2) is 12.1 Å². The summed E-state index contributed by atoms with van der Waals surface area (Å²) < 4.78 is 5.63. The van der Waals surface area contributed by atoms with Gasteiger partial charge in [0.15, 0.2) is 5.78 Å². The van der Waals surface area contributed by atoms with Gasteiger partial charge in [0.05, 0.1) is 12.7 Å². The summed E-state index contributed by atoms with van der Waals surface area (Å²) in [5, 5.41) is 3.31. The van der Waals surface area contributed by atoms with Crippen LogP contribution in [0, 0.1) is 12.8 Å². The first kappa shape index (κ1) is 16.0. The van der Waals surface area contributed by atoms with Crippen LogP contribution >= 0.6 is 0 Å². The molecule has 0 atom stereocenters. The first-order valence-corrected chi connectivity index (χ1v) is 7.78. The van der Waals surface area contributed by atoms with Crippen molar-refractivity contribution in [2.24, 2.45) is 5.92 Å². The van der Waals surface area contributed by atoms with Gasteiger partial charge in [0.2, 0.25) is 0 Å². The van der Waals surface area contributed by atoms with Crippen LogP contribution in [-0.4, -0.2) is 26.0 Å². The van der Waals surface area contributed by atoms with Crippen LogP contribution in [0.5, 0.6) is 5.75 Å². The standard InChI is InChI=1S/C18H27NO2/c1-12-10-14(16(20)13-6-8-19-9-7-13)17(21-5)15(11-12)18(2,3)4/h10-11,13,19H,6-9H2,1-5H3. The molecule has 1 saturated heterocycles. The molecule has 1 aliphatic heterocycles. The lowest BCUT2D eigenvalue weighted by Gasteiger charge is -2.27. The van der Waals surface area contributed by atoms with Crippen LogP contribution < -0.4 is 10.1 Å². The zero-order valence-electron chi connectivity index (χ0n) is 13.9. The molecule has 0 aliphatic carbocycles. The lowest BCUT2D eigenvalue weighted by Crippen LogP contribution is -2.32. The highest BCUT2D eigenvalue weighted by molar-refractivity contribution is 6.01. The van der Waals surface area contributed by atoms with Crippen LogP contribution in [0.4, 0.5) is 0 Å². The second-order valence-corrected chi connectivity index (χ2v) is 7.03. The zero-order chi connectivity index (χ0) is 15.6. The summed E-state index contributed by atoms with van der Waals surface area (Å²) in [4.78, 5) is 12.9. The molecule has 1 N–H and O–H groups in total. The van der Waals surface area contributed by atoms with Gasteiger partial charge in [-0.3, -0.25) is 4.79 Å². The molecule has 0 amide bonds. The highest BCUT2D eigenvalue weighted by Crippen LogP contribution is 2.37. The van der Waals surface area contributed by atoms with E-state index in [1.165, 1.54) is 0 Å². The van der Waals surface area contributed by atoms with Crippen molar-refractivity contribution in [2.75, 3.05) is 20.2 Å². The van der Waals surface area contributed by atoms with Crippen molar-refractivity contribution in [2.45, 2.75) is 46.0 Å². The Morgan fingerprint density at radius 2 is 1.86 bits per heavy atom. The van der Waals surface area contributed by atoms with Gasteiger partial charge in [-0.1, -0.05) is 26.8 Å². The average Bonchev–Trinajstić information content (AvgIpc) is 2.45. The van der Waals surface area contributed by atoms with E-state index >= 15 is 0 Å². The summed E-state index contributed by atoms with van der Waals surface area (Å²) in [5.41, 5.74) is 2.95. The number of carbonyl (C=O) groups excluding carboxylic acids is 1. The number of ether oxygens (including phenoxy) is 1. The van der Waals surface area contributed by atoms with Gasteiger partial charge in [-0.05, 0) is 49.9 Å². The number of hydrogen-bond donors (Lipinski definition) is 1. The van der Waals surface area contributed by atoms with Crippen molar-refractivity contribution < 1.29 is 9.53 Å². The number of nitrogens with one attached hydrogen (secondary N) is 1. The number of piperidine rings is 1. The summed E-state index contributed by atoms with van der Waals surface area (Å²) in [7, 11) is 1.67. The molecule has 0 aromatic heterocycles. The molecule has 1 heterocycles. The maximum Gasteiger partial charge on any atom is 0.169 e. The largest absolute Gasteiger partial charge is 0.496 e. The van der Waals surface area contributed by atoms with Gasteiger partial charge >= 0.3 is 0 Å². The zero-order valence-corrected chi connectivity index (χ0v) is 13.9. The third-order valence-corrected chi connectivity index (χ3v) is 4.22. The lowest BCUT2D eigenvalue weighted by molar-refractivity contribution is 0.0891. The SMILES string of the molecule is COc1c(C(=O)C2CCNCC2)cc(C)cc1C(C)(C)C. The van der Waals surface area contributed by atoms with Crippen molar-refractivity contribution >= 4 is 5.78 Å². The smallest absolute Gasteiger partial charge is 0.169 e. The minimum Gasteiger partial charge on any atom is -0.496 e. The molecule has 116 valence electrons. The van der Waals surface area contributed by atoms with Gasteiger partial charge in [0.1, 0.15) is 5.75 Å². The summed E-state index contributed by atoms with van der Waals surface area (Å²) >= 11 is 0. The van der Waals surface area contributed by atoms with E-state index in [2.05, 4.69) is 32.2 Å². The summed E-state index contributed by atoms with van der Waals surface area (Å²) in [5.74, 6) is 1.12. The molecule has 2 rings (SSSR count). The molecule has 0 saturated carbocycles. The van der Waals surface area contributed by atoms with Gasteiger partial charge in [0.25, 0.3) is 0 Å². The molecule has 1 aromatic carbocycles. The van der Waals surface area contributed by atoms with Crippen molar-refractivity contribution in [3.05, 3.63) is 28.8 Å². The number of hydrogen-bond acceptors (Lipinski definition) is 3. The summed E-state index contributed by atoms with van der Waals surface area (Å²) in [6, 6.07) is 4.12. The second kappa shape index (κ2) is 6.18. The molecule has 3 heteroatoms. The maximum absolute atomic E-state index is 12.9.